The Morgan fingerprint density at radius 1 is 0.714 bits per heavy atom. The third kappa shape index (κ3) is 2.94. The largest absolute Gasteiger partial charge is 0.540 e. The Hall–Kier alpha value is -2.22. The molecule has 0 saturated heterocycles. The lowest BCUT2D eigenvalue weighted by Gasteiger charge is -2.12. The normalized spacial score (nSPS) is 12.3. The summed E-state index contributed by atoms with van der Waals surface area (Å²) >= 11 is -1.10. The van der Waals surface area contributed by atoms with E-state index in [1.54, 1.807) is 6.07 Å². The van der Waals surface area contributed by atoms with Gasteiger partial charge in [0.1, 0.15) is 4.90 Å². The molecule has 0 radical (unpaired) electrons. The summed E-state index contributed by atoms with van der Waals surface area (Å²) in [4.78, 5) is 0.241. The van der Waals surface area contributed by atoms with Crippen molar-refractivity contribution in [3.05, 3.63) is 88.0 Å². The van der Waals surface area contributed by atoms with Crippen molar-refractivity contribution in [3.8, 4) is 0 Å². The molecule has 28 heavy (non-hydrogen) atoms. The molecule has 138 valence electrons. The van der Waals surface area contributed by atoms with Crippen LogP contribution < -0.4 is 21.6 Å². The Kier molecular flexibility index (Phi) is 4.26. The van der Waals surface area contributed by atoms with Gasteiger partial charge >= 0.3 is 31.7 Å². The summed E-state index contributed by atoms with van der Waals surface area (Å²) in [5.74, 6) is 0. The zero-order valence-electron chi connectivity index (χ0n) is 15.0. The van der Waals surface area contributed by atoms with E-state index in [9.17, 15) is 8.42 Å². The van der Waals surface area contributed by atoms with Gasteiger partial charge in [-0.1, -0.05) is 66.2 Å². The van der Waals surface area contributed by atoms with Crippen molar-refractivity contribution >= 4 is 42.4 Å². The molecule has 0 atom stereocenters. The summed E-state index contributed by atoms with van der Waals surface area (Å²) in [5.41, 5.74) is 1.14. The van der Waals surface area contributed by atoms with Gasteiger partial charge in [-0.3, -0.25) is 0 Å². The van der Waals surface area contributed by atoms with E-state index in [0.29, 0.717) is 0 Å². The molecule has 0 aliphatic carbocycles. The van der Waals surface area contributed by atoms with Gasteiger partial charge in [0, 0.05) is 5.39 Å². The topological polar surface area (TPSA) is 43.4 Å². The highest BCUT2D eigenvalue weighted by Gasteiger charge is 2.29. The van der Waals surface area contributed by atoms with Crippen molar-refractivity contribution in [2.45, 2.75) is 11.8 Å². The fourth-order valence-electron chi connectivity index (χ4n) is 3.62. The van der Waals surface area contributed by atoms with E-state index in [0.717, 1.165) is 41.5 Å². The number of rotatable bonds is 4. The van der Waals surface area contributed by atoms with Crippen LogP contribution in [0.25, 0.3) is 32.3 Å². The number of halogens is 1. The van der Waals surface area contributed by atoms with Gasteiger partial charge in [-0.15, -0.1) is 0 Å². The summed E-state index contributed by atoms with van der Waals surface area (Å²) < 4.78 is 32.5. The third-order valence-electron chi connectivity index (χ3n) is 4.97. The fourth-order valence-corrected chi connectivity index (χ4v) is 7.09. The molecule has 0 bridgehead atoms. The van der Waals surface area contributed by atoms with Crippen LogP contribution in [0.3, 0.4) is 0 Å². The van der Waals surface area contributed by atoms with E-state index < -0.39 is 31.7 Å². The van der Waals surface area contributed by atoms with Gasteiger partial charge < -0.3 is 0 Å². The predicted octanol–water partition coefficient (Wildman–Crippen LogP) is 2.47. The van der Waals surface area contributed by atoms with Gasteiger partial charge in [-0.2, -0.15) is 8.42 Å². The van der Waals surface area contributed by atoms with Crippen LogP contribution in [-0.2, 0) is 12.6 Å². The monoisotopic (exact) mass is 499 g/mol. The van der Waals surface area contributed by atoms with Gasteiger partial charge in [0.15, 0.2) is 0 Å². The Morgan fingerprint density at radius 3 is 2.04 bits per heavy atom. The first kappa shape index (κ1) is 17.8. The van der Waals surface area contributed by atoms with Crippen molar-refractivity contribution in [3.63, 3.8) is 0 Å². The zero-order chi connectivity index (χ0) is 19.3. The minimum absolute atomic E-state index is 0.241. The molecule has 0 N–H and O–H groups in total. The zero-order valence-corrected chi connectivity index (χ0v) is 18.0. The van der Waals surface area contributed by atoms with Crippen LogP contribution in [0.5, 0.6) is 0 Å². The van der Waals surface area contributed by atoms with Crippen LogP contribution in [0, 0.1) is 10.5 Å². The van der Waals surface area contributed by atoms with Gasteiger partial charge in [0.05, 0.1) is 0 Å². The van der Waals surface area contributed by atoms with E-state index in [4.69, 9.17) is 2.51 Å². The van der Waals surface area contributed by atoms with Crippen LogP contribution in [0.1, 0.15) is 5.56 Å². The number of aryl methyl sites for hydroxylation is 1. The molecular weight excluding hydrogens is 483 g/mol. The molecule has 5 rings (SSSR count). The van der Waals surface area contributed by atoms with Gasteiger partial charge in [-0.25, -0.2) is 0 Å². The lowest BCUT2D eigenvalue weighted by molar-refractivity contribution is -0.837. The molecule has 0 spiro atoms. The minimum atomic E-state index is -3.84. The first-order valence-corrected chi connectivity index (χ1v) is 12.2. The maximum Gasteiger partial charge on any atom is 0.540 e. The average Bonchev–Trinajstić information content (AvgIpc) is 2.71. The van der Waals surface area contributed by atoms with Crippen molar-refractivity contribution in [2.75, 3.05) is 0 Å². The molecule has 0 heterocycles. The maximum absolute atomic E-state index is 13.0. The number of hydrogen-bond donors (Lipinski definition) is 0. The fraction of sp³-hybridized carbons (Fsp3) is 0.0435. The molecule has 0 amide bonds. The predicted molar refractivity (Wildman–Crippen MR) is 108 cm³/mol. The first-order valence-electron chi connectivity index (χ1n) is 8.84. The molecule has 0 unspecified atom stereocenters. The van der Waals surface area contributed by atoms with Crippen LogP contribution >= 0.6 is 0 Å². The Balaban J connectivity index is 1.64. The molecule has 5 aromatic carbocycles. The van der Waals surface area contributed by atoms with E-state index in [1.807, 2.05) is 61.5 Å². The second kappa shape index (κ2) is 6.69. The SMILES string of the molecule is Cc1ccc([I+]OS(=O)(=O)c2ccc3ccc4cccc5ccc2c3c45)cc1. The highest BCUT2D eigenvalue weighted by molar-refractivity contribution is 7.86. The van der Waals surface area contributed by atoms with Gasteiger partial charge in [0.2, 0.25) is 3.57 Å². The molecule has 5 aromatic rings. The van der Waals surface area contributed by atoms with Gasteiger partial charge in [0.25, 0.3) is 0 Å². The highest BCUT2D eigenvalue weighted by atomic mass is 127. The summed E-state index contributed by atoms with van der Waals surface area (Å²) in [6.45, 7) is 2.00. The summed E-state index contributed by atoms with van der Waals surface area (Å²) in [6.07, 6.45) is 0. The maximum atomic E-state index is 13.0. The minimum Gasteiger partial charge on any atom is -0.190 e. The highest BCUT2D eigenvalue weighted by Crippen LogP contribution is 2.37. The van der Waals surface area contributed by atoms with Crippen molar-refractivity contribution in [1.29, 1.82) is 0 Å². The molecule has 5 heteroatoms. The second-order valence-electron chi connectivity index (χ2n) is 6.81. The second-order valence-corrected chi connectivity index (χ2v) is 11.0. The van der Waals surface area contributed by atoms with Crippen LogP contribution in [0.15, 0.2) is 83.8 Å². The van der Waals surface area contributed by atoms with E-state index in [2.05, 4.69) is 18.2 Å². The number of benzene rings is 5. The third-order valence-corrected chi connectivity index (χ3v) is 9.28. The summed E-state index contributed by atoms with van der Waals surface area (Å²) in [7, 11) is -3.84. The summed E-state index contributed by atoms with van der Waals surface area (Å²) in [5, 5.41) is 6.05. The Labute approximate surface area is 174 Å². The molecule has 0 aliphatic heterocycles. The first-order chi connectivity index (χ1) is 13.5. The van der Waals surface area contributed by atoms with E-state index >= 15 is 0 Å². The van der Waals surface area contributed by atoms with E-state index in [1.165, 1.54) is 0 Å². The van der Waals surface area contributed by atoms with Crippen LogP contribution in [0.2, 0.25) is 0 Å². The van der Waals surface area contributed by atoms with Crippen molar-refractivity contribution < 1.29 is 32.6 Å². The van der Waals surface area contributed by atoms with E-state index in [-0.39, 0.29) is 4.90 Å². The molecule has 0 aliphatic rings. The lowest BCUT2D eigenvalue weighted by atomic mass is 9.94. The molecule has 3 nitrogen and oxygen atoms in total. The van der Waals surface area contributed by atoms with Crippen LogP contribution in [0.4, 0.5) is 0 Å². The Bertz CT molecular complexity index is 1410. The smallest absolute Gasteiger partial charge is 0.190 e. The molecular formula is C23H16IO3S+. The van der Waals surface area contributed by atoms with Crippen molar-refractivity contribution in [2.24, 2.45) is 0 Å². The molecule has 0 aromatic heterocycles. The summed E-state index contributed by atoms with van der Waals surface area (Å²) in [6, 6.07) is 25.5. The molecule has 0 saturated carbocycles. The Morgan fingerprint density at radius 2 is 1.32 bits per heavy atom. The van der Waals surface area contributed by atoms with Crippen molar-refractivity contribution in [1.82, 2.24) is 0 Å². The average molecular weight is 499 g/mol. The van der Waals surface area contributed by atoms with Gasteiger partial charge in [-0.05, 0) is 54.6 Å². The lowest BCUT2D eigenvalue weighted by Crippen LogP contribution is -3.61. The quantitative estimate of drug-likeness (QED) is 0.282. The van der Waals surface area contributed by atoms with Crippen LogP contribution in [-0.4, -0.2) is 8.42 Å². The molecule has 0 fully saturated rings. The number of hydrogen-bond acceptors (Lipinski definition) is 3. The standard InChI is InChI=1S/C23H16IO3S/c1-15-5-11-19(12-6-15)24-27-28(25,26)21-14-10-18-8-7-16-3-2-4-17-9-13-20(21)23(18)22(16)17/h2-14H,1H3/q+1.